The fourth-order valence-corrected chi connectivity index (χ4v) is 3.26. The van der Waals surface area contributed by atoms with Crippen molar-refractivity contribution in [3.8, 4) is 17.2 Å². The van der Waals surface area contributed by atoms with Gasteiger partial charge in [-0.25, -0.2) is 4.79 Å². The average molecular weight is 419 g/mol. The lowest BCUT2D eigenvalue weighted by molar-refractivity contribution is -0.131. The zero-order valence-electron chi connectivity index (χ0n) is 18.6. The van der Waals surface area contributed by atoms with Gasteiger partial charge in [0.05, 0.1) is 18.1 Å². The van der Waals surface area contributed by atoms with E-state index in [4.69, 9.17) is 18.6 Å². The summed E-state index contributed by atoms with van der Waals surface area (Å²) < 4.78 is 22.2. The van der Waals surface area contributed by atoms with Gasteiger partial charge in [0.25, 0.3) is 0 Å². The Morgan fingerprint density at radius 2 is 1.67 bits per heavy atom. The Kier molecular flexibility index (Phi) is 9.71. The van der Waals surface area contributed by atoms with Gasteiger partial charge in [-0.15, -0.1) is 0 Å². The molecule has 0 aliphatic rings. The van der Waals surface area contributed by atoms with Crippen molar-refractivity contribution in [3.05, 3.63) is 28.6 Å². The molecule has 166 valence electrons. The molecule has 0 aliphatic heterocycles. The standard InChI is InChI=1S/C24H34O6/c1-5-6-7-8-9-10-11-12-15-27-22-20-14-13-19(29-18(4)25)16-21(20)30-24(26)23(22)28-17(2)3/h13-14,16-17H,5-12,15H2,1-4H3. The highest BCUT2D eigenvalue weighted by Crippen LogP contribution is 2.35. The maximum atomic E-state index is 12.5. The topological polar surface area (TPSA) is 75.0 Å². The molecule has 1 heterocycles. The second kappa shape index (κ2) is 12.3. The highest BCUT2D eigenvalue weighted by Gasteiger charge is 2.19. The molecule has 0 amide bonds. The van der Waals surface area contributed by atoms with Crippen LogP contribution in [0.1, 0.15) is 79.1 Å². The van der Waals surface area contributed by atoms with Crippen LogP contribution in [-0.2, 0) is 4.79 Å². The lowest BCUT2D eigenvalue weighted by Crippen LogP contribution is -2.15. The van der Waals surface area contributed by atoms with Crippen LogP contribution in [0.15, 0.2) is 27.4 Å². The molecule has 1 aromatic carbocycles. The van der Waals surface area contributed by atoms with Crippen LogP contribution in [0.3, 0.4) is 0 Å². The summed E-state index contributed by atoms with van der Waals surface area (Å²) in [6, 6.07) is 4.87. The van der Waals surface area contributed by atoms with Crippen LogP contribution in [0.4, 0.5) is 0 Å². The van der Waals surface area contributed by atoms with Crippen LogP contribution in [-0.4, -0.2) is 18.7 Å². The third-order valence-corrected chi connectivity index (χ3v) is 4.65. The minimum Gasteiger partial charge on any atom is -0.489 e. The lowest BCUT2D eigenvalue weighted by Gasteiger charge is -2.16. The lowest BCUT2D eigenvalue weighted by atomic mass is 10.1. The first-order valence-corrected chi connectivity index (χ1v) is 11.0. The Bertz CT molecular complexity index is 868. The SMILES string of the molecule is CCCCCCCCCCOc1c(OC(C)C)c(=O)oc2cc(OC(C)=O)ccc12. The summed E-state index contributed by atoms with van der Waals surface area (Å²) in [5.41, 5.74) is -0.317. The van der Waals surface area contributed by atoms with Crippen molar-refractivity contribution in [1.82, 2.24) is 0 Å². The fraction of sp³-hybridized carbons (Fsp3) is 0.583. The maximum Gasteiger partial charge on any atom is 0.383 e. The Hall–Kier alpha value is -2.50. The predicted molar refractivity (Wildman–Crippen MR) is 118 cm³/mol. The van der Waals surface area contributed by atoms with E-state index in [-0.39, 0.29) is 11.9 Å². The first-order chi connectivity index (χ1) is 14.4. The summed E-state index contributed by atoms with van der Waals surface area (Å²) in [4.78, 5) is 23.7. The van der Waals surface area contributed by atoms with Gasteiger partial charge in [0.2, 0.25) is 5.75 Å². The van der Waals surface area contributed by atoms with E-state index in [0.29, 0.717) is 29.1 Å². The van der Waals surface area contributed by atoms with Gasteiger partial charge in [-0.3, -0.25) is 4.79 Å². The number of ether oxygens (including phenoxy) is 3. The van der Waals surface area contributed by atoms with Crippen molar-refractivity contribution in [1.29, 1.82) is 0 Å². The number of hydrogen-bond donors (Lipinski definition) is 0. The molecule has 0 N–H and O–H groups in total. The third kappa shape index (κ3) is 7.39. The molecule has 30 heavy (non-hydrogen) atoms. The van der Waals surface area contributed by atoms with E-state index in [2.05, 4.69) is 6.92 Å². The van der Waals surface area contributed by atoms with Crippen molar-refractivity contribution < 1.29 is 23.4 Å². The number of hydrogen-bond acceptors (Lipinski definition) is 6. The smallest absolute Gasteiger partial charge is 0.383 e. The van der Waals surface area contributed by atoms with Gasteiger partial charge in [0.15, 0.2) is 5.75 Å². The number of carbonyl (C=O) groups excluding carboxylic acids is 1. The minimum atomic E-state index is -0.609. The van der Waals surface area contributed by atoms with Crippen molar-refractivity contribution in [2.45, 2.75) is 85.2 Å². The number of esters is 1. The van der Waals surface area contributed by atoms with Crippen molar-refractivity contribution in [2.24, 2.45) is 0 Å². The quantitative estimate of drug-likeness (QED) is 0.171. The van der Waals surface area contributed by atoms with E-state index >= 15 is 0 Å². The van der Waals surface area contributed by atoms with Gasteiger partial charge in [-0.05, 0) is 32.4 Å². The molecule has 2 rings (SSSR count). The monoisotopic (exact) mass is 418 g/mol. The molecular formula is C24H34O6. The normalized spacial score (nSPS) is 11.1. The van der Waals surface area contributed by atoms with Crippen molar-refractivity contribution in [3.63, 3.8) is 0 Å². The molecule has 0 radical (unpaired) electrons. The molecule has 6 nitrogen and oxygen atoms in total. The molecule has 0 bridgehead atoms. The zero-order valence-corrected chi connectivity index (χ0v) is 18.6. The summed E-state index contributed by atoms with van der Waals surface area (Å²) in [5.74, 6) is 0.330. The first-order valence-electron chi connectivity index (χ1n) is 11.0. The molecule has 6 heteroatoms. The predicted octanol–water partition coefficient (Wildman–Crippen LogP) is 6.03. The van der Waals surface area contributed by atoms with Crippen LogP contribution in [0.25, 0.3) is 11.0 Å². The van der Waals surface area contributed by atoms with Crippen LogP contribution >= 0.6 is 0 Å². The highest BCUT2D eigenvalue weighted by atomic mass is 16.5. The largest absolute Gasteiger partial charge is 0.489 e. The van der Waals surface area contributed by atoms with Crippen molar-refractivity contribution in [2.75, 3.05) is 6.61 Å². The van der Waals surface area contributed by atoms with E-state index in [1.54, 1.807) is 12.1 Å². The molecule has 0 unspecified atom stereocenters. The van der Waals surface area contributed by atoms with Gasteiger partial charge in [0.1, 0.15) is 11.3 Å². The molecule has 0 spiro atoms. The Balaban J connectivity index is 2.10. The summed E-state index contributed by atoms with van der Waals surface area (Å²) in [7, 11) is 0. The maximum absolute atomic E-state index is 12.5. The summed E-state index contributed by atoms with van der Waals surface area (Å²) in [6.07, 6.45) is 9.39. The number of fused-ring (bicyclic) bond motifs is 1. The van der Waals surface area contributed by atoms with Crippen molar-refractivity contribution >= 4 is 16.9 Å². The van der Waals surface area contributed by atoms with E-state index in [1.807, 2.05) is 13.8 Å². The van der Waals surface area contributed by atoms with Crippen LogP contribution in [0.2, 0.25) is 0 Å². The second-order valence-corrected chi connectivity index (χ2v) is 7.79. The van der Waals surface area contributed by atoms with Gasteiger partial charge in [-0.1, -0.05) is 51.9 Å². The van der Waals surface area contributed by atoms with Gasteiger partial charge in [-0.2, -0.15) is 0 Å². The molecule has 0 atom stereocenters. The zero-order chi connectivity index (χ0) is 21.9. The number of unbranched alkanes of at least 4 members (excludes halogenated alkanes) is 7. The Labute approximate surface area is 178 Å². The van der Waals surface area contributed by atoms with E-state index in [0.717, 1.165) is 12.8 Å². The van der Waals surface area contributed by atoms with Crippen LogP contribution in [0, 0.1) is 0 Å². The van der Waals surface area contributed by atoms with E-state index in [9.17, 15) is 9.59 Å². The Morgan fingerprint density at radius 1 is 1.00 bits per heavy atom. The van der Waals surface area contributed by atoms with Gasteiger partial charge >= 0.3 is 11.6 Å². The molecule has 0 saturated heterocycles. The highest BCUT2D eigenvalue weighted by molar-refractivity contribution is 5.87. The molecule has 2 aromatic rings. The Morgan fingerprint density at radius 3 is 2.30 bits per heavy atom. The van der Waals surface area contributed by atoms with Crippen LogP contribution in [0.5, 0.6) is 17.2 Å². The van der Waals surface area contributed by atoms with Gasteiger partial charge in [0, 0.05) is 13.0 Å². The molecule has 0 aliphatic carbocycles. The first kappa shape index (κ1) is 23.8. The second-order valence-electron chi connectivity index (χ2n) is 7.79. The molecular weight excluding hydrogens is 384 g/mol. The summed E-state index contributed by atoms with van der Waals surface area (Å²) in [6.45, 7) is 7.72. The minimum absolute atomic E-state index is 0.0808. The van der Waals surface area contributed by atoms with Gasteiger partial charge < -0.3 is 18.6 Å². The van der Waals surface area contributed by atoms with E-state index < -0.39 is 11.6 Å². The number of rotatable bonds is 13. The molecule has 1 aromatic heterocycles. The average Bonchev–Trinajstić information content (AvgIpc) is 2.67. The third-order valence-electron chi connectivity index (χ3n) is 4.65. The molecule has 0 fully saturated rings. The summed E-state index contributed by atoms with van der Waals surface area (Å²) in [5, 5.41) is 0.612. The summed E-state index contributed by atoms with van der Waals surface area (Å²) >= 11 is 0. The van der Waals surface area contributed by atoms with Crippen LogP contribution < -0.4 is 19.8 Å². The number of benzene rings is 1. The fourth-order valence-electron chi connectivity index (χ4n) is 3.26. The van der Waals surface area contributed by atoms with E-state index in [1.165, 1.54) is 51.5 Å². The molecule has 0 saturated carbocycles. The number of carbonyl (C=O) groups is 1.